The minimum Gasteiger partial charge on any atom is -0.333 e. The zero-order valence-electron chi connectivity index (χ0n) is 22.4. The number of imidazole rings is 1. The first-order valence-electron chi connectivity index (χ1n) is 12.9. The number of aryl methyl sites for hydroxylation is 1. The number of H-pyrrole nitrogens is 1. The lowest BCUT2D eigenvalue weighted by Crippen LogP contribution is -2.49. The number of rotatable bonds is 11. The lowest BCUT2D eigenvalue weighted by atomic mass is 10.3. The van der Waals surface area contributed by atoms with Crippen LogP contribution in [0.5, 0.6) is 0 Å². The first kappa shape index (κ1) is 28.3. The molecule has 1 aliphatic rings. The summed E-state index contributed by atoms with van der Waals surface area (Å²) in [7, 11) is 0. The molecule has 0 atom stereocenters. The van der Waals surface area contributed by atoms with Gasteiger partial charge in [0.05, 0.1) is 23.3 Å². The second-order valence-corrected chi connectivity index (χ2v) is 14.1. The maximum atomic E-state index is 13.1. The van der Waals surface area contributed by atoms with Crippen LogP contribution in [0.2, 0.25) is 0 Å². The summed E-state index contributed by atoms with van der Waals surface area (Å²) in [6.45, 7) is 15.9. The summed E-state index contributed by atoms with van der Waals surface area (Å²) in [5.74, 6) is 1.03. The fourth-order valence-electron chi connectivity index (χ4n) is 4.21. The van der Waals surface area contributed by atoms with Crippen LogP contribution in [0.1, 0.15) is 33.4 Å². The summed E-state index contributed by atoms with van der Waals surface area (Å²) >= 11 is 5.25. The Morgan fingerprint density at radius 1 is 1.03 bits per heavy atom. The monoisotopic (exact) mass is 558 g/mol. The zero-order chi connectivity index (χ0) is 26.4. The molecule has 10 heteroatoms. The van der Waals surface area contributed by atoms with Crippen LogP contribution in [0, 0.1) is 6.92 Å². The van der Waals surface area contributed by atoms with Crippen LogP contribution in [-0.4, -0.2) is 86.2 Å². The second kappa shape index (κ2) is 13.4. The van der Waals surface area contributed by atoms with Crippen LogP contribution in [0.3, 0.4) is 0 Å². The normalized spacial score (nSPS) is 15.2. The number of thioether (sulfide) groups is 3. The van der Waals surface area contributed by atoms with Gasteiger partial charge < -0.3 is 10.3 Å². The molecule has 1 amide bonds. The van der Waals surface area contributed by atoms with Gasteiger partial charge in [0.2, 0.25) is 5.91 Å². The summed E-state index contributed by atoms with van der Waals surface area (Å²) in [5, 5.41) is 5.93. The fraction of sp³-hybridized carbons (Fsp3) is 0.519. The highest BCUT2D eigenvalue weighted by molar-refractivity contribution is 8.01. The fourth-order valence-corrected chi connectivity index (χ4v) is 7.09. The van der Waals surface area contributed by atoms with Crippen molar-refractivity contribution in [2.75, 3.05) is 50.3 Å². The number of aromatic nitrogens is 3. The number of aromatic amines is 1. The summed E-state index contributed by atoms with van der Waals surface area (Å²) in [5.41, 5.74) is 3.96. The van der Waals surface area contributed by atoms with E-state index in [1.54, 1.807) is 35.3 Å². The van der Waals surface area contributed by atoms with Crippen LogP contribution >= 0.6 is 35.3 Å². The van der Waals surface area contributed by atoms with Crippen molar-refractivity contribution >= 4 is 57.9 Å². The van der Waals surface area contributed by atoms with E-state index in [2.05, 4.69) is 64.9 Å². The van der Waals surface area contributed by atoms with Crippen molar-refractivity contribution in [3.8, 4) is 0 Å². The third kappa shape index (κ3) is 8.38. The highest BCUT2D eigenvalue weighted by Gasteiger charge is 2.22. The van der Waals surface area contributed by atoms with E-state index in [-0.39, 0.29) is 5.91 Å². The van der Waals surface area contributed by atoms with Crippen LogP contribution in [0.15, 0.2) is 45.4 Å². The predicted molar refractivity (Wildman–Crippen MR) is 159 cm³/mol. The highest BCUT2D eigenvalue weighted by Crippen LogP contribution is 2.38. The molecular weight excluding hydrogens is 521 g/mol. The molecular formula is C27H38N6OS3. The van der Waals surface area contributed by atoms with Crippen LogP contribution in [0.4, 0.5) is 5.69 Å². The number of piperazine rings is 1. The topological polar surface area (TPSA) is 77.2 Å². The number of amides is 1. The first-order chi connectivity index (χ1) is 17.8. The number of nitrogens with zero attached hydrogens (tertiary/aromatic N) is 4. The van der Waals surface area contributed by atoms with Gasteiger partial charge in [-0.1, -0.05) is 51.6 Å². The quantitative estimate of drug-likeness (QED) is 0.294. The van der Waals surface area contributed by atoms with Gasteiger partial charge in [0.15, 0.2) is 5.16 Å². The van der Waals surface area contributed by atoms with E-state index in [1.807, 2.05) is 25.1 Å². The van der Waals surface area contributed by atoms with Crippen molar-refractivity contribution in [2.45, 2.75) is 60.2 Å². The average molecular weight is 559 g/mol. The summed E-state index contributed by atoms with van der Waals surface area (Å²) in [6, 6.07) is 10.2. The number of nitrogens with one attached hydrogen (secondary N) is 2. The third-order valence-electron chi connectivity index (χ3n) is 5.90. The molecule has 0 aliphatic carbocycles. The number of hydrogen-bond acceptors (Lipinski definition) is 8. The van der Waals surface area contributed by atoms with Crippen LogP contribution < -0.4 is 5.32 Å². The Hall–Kier alpha value is -1.72. The molecule has 0 saturated carbocycles. The standard InChI is InChI=1S/C27H38N6OS3/c1-18(2)36-23-16-20(5)28-26(37-19(3)4)25(23)31-24(34)17-33-12-10-32(11-13-33)14-15-35-27-29-21-8-6-7-9-22(21)30-27/h6-9,16,18-19H,10-15,17H2,1-5H3,(H,29,30)(H,31,34). The lowest BCUT2D eigenvalue weighted by molar-refractivity contribution is -0.117. The Morgan fingerprint density at radius 2 is 1.73 bits per heavy atom. The van der Waals surface area contributed by atoms with Gasteiger partial charge in [-0.25, -0.2) is 9.97 Å². The van der Waals surface area contributed by atoms with E-state index in [4.69, 9.17) is 4.98 Å². The molecule has 4 rings (SSSR count). The van der Waals surface area contributed by atoms with Gasteiger partial charge >= 0.3 is 0 Å². The van der Waals surface area contributed by atoms with Crippen molar-refractivity contribution in [3.63, 3.8) is 0 Å². The number of carbonyl (C=O) groups excluding carboxylic acids is 1. The van der Waals surface area contributed by atoms with Gasteiger partial charge in [-0.15, -0.1) is 23.5 Å². The smallest absolute Gasteiger partial charge is 0.238 e. The third-order valence-corrected chi connectivity index (χ3v) is 8.79. The molecule has 37 heavy (non-hydrogen) atoms. The molecule has 200 valence electrons. The zero-order valence-corrected chi connectivity index (χ0v) is 24.9. The molecule has 0 unspecified atom stereocenters. The highest BCUT2D eigenvalue weighted by atomic mass is 32.2. The number of fused-ring (bicyclic) bond motifs is 1. The maximum Gasteiger partial charge on any atom is 0.238 e. The average Bonchev–Trinajstić information content (AvgIpc) is 3.24. The molecule has 1 fully saturated rings. The molecule has 2 N–H and O–H groups in total. The Morgan fingerprint density at radius 3 is 2.43 bits per heavy atom. The van der Waals surface area contributed by atoms with Crippen LogP contribution in [-0.2, 0) is 4.79 Å². The van der Waals surface area contributed by atoms with Gasteiger partial charge in [-0.3, -0.25) is 14.6 Å². The van der Waals surface area contributed by atoms with Gasteiger partial charge in [0.25, 0.3) is 0 Å². The van der Waals surface area contributed by atoms with E-state index in [0.29, 0.717) is 17.0 Å². The second-order valence-electron chi connectivity index (χ2n) is 9.85. The number of anilines is 1. The molecule has 0 radical (unpaired) electrons. The molecule has 7 nitrogen and oxygen atoms in total. The lowest BCUT2D eigenvalue weighted by Gasteiger charge is -2.34. The Kier molecular flexibility index (Phi) is 10.2. The summed E-state index contributed by atoms with van der Waals surface area (Å²) in [6.07, 6.45) is 0. The number of hydrogen-bond donors (Lipinski definition) is 2. The van der Waals surface area contributed by atoms with Gasteiger partial charge in [-0.2, -0.15) is 0 Å². The number of carbonyl (C=O) groups is 1. The van der Waals surface area contributed by atoms with Gasteiger partial charge in [0, 0.05) is 59.6 Å². The van der Waals surface area contributed by atoms with Crippen molar-refractivity contribution in [3.05, 3.63) is 36.0 Å². The van der Waals surface area contributed by atoms with E-state index in [9.17, 15) is 4.79 Å². The molecule has 1 aliphatic heterocycles. The molecule has 0 bridgehead atoms. The van der Waals surface area contributed by atoms with E-state index in [0.717, 1.165) is 76.0 Å². The SMILES string of the molecule is Cc1cc(SC(C)C)c(NC(=O)CN2CCN(CCSc3nc4ccccc4[nH]3)CC2)c(SC(C)C)n1. The Balaban J connectivity index is 1.26. The van der Waals surface area contributed by atoms with Gasteiger partial charge in [-0.05, 0) is 25.1 Å². The van der Waals surface area contributed by atoms with Crippen molar-refractivity contribution in [1.82, 2.24) is 24.8 Å². The van der Waals surface area contributed by atoms with E-state index >= 15 is 0 Å². The van der Waals surface area contributed by atoms with Gasteiger partial charge in [0.1, 0.15) is 5.03 Å². The Bertz CT molecular complexity index is 1130. The predicted octanol–water partition coefficient (Wildman–Crippen LogP) is 5.62. The molecule has 1 aromatic carbocycles. The molecule has 3 heterocycles. The number of pyridine rings is 1. The van der Waals surface area contributed by atoms with E-state index in [1.165, 1.54) is 0 Å². The molecule has 1 saturated heterocycles. The largest absolute Gasteiger partial charge is 0.333 e. The number of benzene rings is 1. The van der Waals surface area contributed by atoms with Crippen molar-refractivity contribution < 1.29 is 4.79 Å². The molecule has 3 aromatic rings. The first-order valence-corrected chi connectivity index (χ1v) is 15.7. The summed E-state index contributed by atoms with van der Waals surface area (Å²) in [4.78, 5) is 31.7. The number of para-hydroxylation sites is 2. The van der Waals surface area contributed by atoms with Crippen molar-refractivity contribution in [2.24, 2.45) is 0 Å². The maximum absolute atomic E-state index is 13.1. The molecule has 2 aromatic heterocycles. The van der Waals surface area contributed by atoms with Crippen LogP contribution in [0.25, 0.3) is 11.0 Å². The van der Waals surface area contributed by atoms with E-state index < -0.39 is 0 Å². The van der Waals surface area contributed by atoms with Crippen molar-refractivity contribution in [1.29, 1.82) is 0 Å². The summed E-state index contributed by atoms with van der Waals surface area (Å²) < 4.78 is 0. The minimum absolute atomic E-state index is 0.0377. The molecule has 0 spiro atoms. The minimum atomic E-state index is 0.0377. The Labute approximate surface area is 233 Å².